The Morgan fingerprint density at radius 3 is 1.71 bits per heavy atom. The molecule has 0 radical (unpaired) electrons. The summed E-state index contributed by atoms with van der Waals surface area (Å²) in [5.74, 6) is -5.91. The lowest BCUT2D eigenvalue weighted by atomic mass is 9.33. The number of rotatable bonds is 18. The maximum atomic E-state index is 15.7. The standard InChI is InChI=1S/C60H94O30/c1-54(2)14-15-60(25(16-54)24-8-9-30-56(4)12-11-32(63)59(7,52(78)79)31(56)10-13-57(30,5)58(24,6)17-33(60)64)53(80)90-50-45(77)46(88-48-43(75)40(72)36(68)26(20-61)84-48)39(71)29(86-50)23-83-51-47(89-49-44(76)41(73)37(69)27(21-62)85-49)42(74)38(70)28(87-51)22-82-35(67)19-55(3,81)18-34(65)66/h8,25-33,36-51,61-64,68-77,81H,9-23H2,1-7H3,(H,65,66)(H,78,79)/t25-,26+,27+,28+,29+,30+,31+,32-,33?,36+,37+,38+,39+,40-,41-,42-,43+,44+,45?,46-,47+,48-,49-,50-,51+,55-,56+,57+,58+,59-,60+/m0/s1. The molecule has 4 saturated heterocycles. The van der Waals surface area contributed by atoms with Crippen LogP contribution in [0.5, 0.6) is 0 Å². The summed E-state index contributed by atoms with van der Waals surface area (Å²) in [5.41, 5.74) is -6.63. The van der Waals surface area contributed by atoms with Gasteiger partial charge in [0.15, 0.2) is 18.9 Å². The molecule has 0 aromatic rings. The molecule has 90 heavy (non-hydrogen) atoms. The zero-order valence-electron chi connectivity index (χ0n) is 51.5. The summed E-state index contributed by atoms with van der Waals surface area (Å²) >= 11 is 0. The highest BCUT2D eigenvalue weighted by atomic mass is 16.8. The Bertz CT molecular complexity index is 2620. The van der Waals surface area contributed by atoms with Gasteiger partial charge >= 0.3 is 23.9 Å². The van der Waals surface area contributed by atoms with E-state index in [2.05, 4.69) is 26.8 Å². The maximum absolute atomic E-state index is 15.7. The van der Waals surface area contributed by atoms with Gasteiger partial charge in [0.1, 0.15) is 110 Å². The molecule has 30 heteroatoms. The van der Waals surface area contributed by atoms with Crippen molar-refractivity contribution in [3.8, 4) is 0 Å². The van der Waals surface area contributed by atoms with Crippen molar-refractivity contribution in [2.24, 2.45) is 50.2 Å². The van der Waals surface area contributed by atoms with E-state index in [0.717, 1.165) is 12.5 Å². The minimum atomic E-state index is -2.25. The van der Waals surface area contributed by atoms with Gasteiger partial charge in [-0.3, -0.25) is 19.2 Å². The molecule has 5 aliphatic carbocycles. The SMILES string of the molecule is CC1(C)CC[C@]2(C(=O)O[C@@H]3O[C@H](CO[C@@H]4O[C@H](COC(=O)C[C@@](C)(O)CC(=O)O)[C@@H](O)[C@H](O)[C@H]4O[C@@H]4O[C@H](CO)[C@@H](O)[C@H](O)[C@H]4O)[C@@H](O)[C@H](O[C@@H]4O[C@H](CO)[C@@H](O)[C@H](O)[C@H]4O)C3O)C(O)C[C@]3(C)C(=CC[C@@H]4[C@@]5(C)CC[C@H](O)[C@@](C)(C(=O)O)[C@@H]5CC[C@]43C)[C@@H]2C1. The van der Waals surface area contributed by atoms with Crippen LogP contribution in [-0.4, -0.2) is 278 Å². The minimum Gasteiger partial charge on any atom is -0.481 e. The Kier molecular flexibility index (Phi) is 20.6. The number of allylic oxidation sites excluding steroid dienone is 2. The number of aliphatic hydroxyl groups excluding tert-OH is 14. The lowest BCUT2D eigenvalue weighted by Crippen LogP contribution is -2.69. The smallest absolute Gasteiger partial charge is 0.317 e. The highest BCUT2D eigenvalue weighted by molar-refractivity contribution is 5.80. The molecule has 8 fully saturated rings. The number of ether oxygens (including phenoxy) is 9. The Morgan fingerprint density at radius 1 is 0.578 bits per heavy atom. The lowest BCUT2D eigenvalue weighted by molar-refractivity contribution is -0.378. The molecule has 0 spiro atoms. The van der Waals surface area contributed by atoms with Crippen molar-refractivity contribution in [3.63, 3.8) is 0 Å². The van der Waals surface area contributed by atoms with Crippen LogP contribution >= 0.6 is 0 Å². The van der Waals surface area contributed by atoms with Gasteiger partial charge in [0.05, 0.1) is 55.9 Å². The quantitative estimate of drug-likeness (QED) is 0.0462. The third-order valence-corrected chi connectivity index (χ3v) is 22.8. The van der Waals surface area contributed by atoms with Crippen LogP contribution in [0.1, 0.15) is 119 Å². The summed E-state index contributed by atoms with van der Waals surface area (Å²) < 4.78 is 52.7. The Morgan fingerprint density at radius 2 is 1.13 bits per heavy atom. The predicted octanol–water partition coefficient (Wildman–Crippen LogP) is -3.83. The number of aliphatic carboxylic acids is 2. The van der Waals surface area contributed by atoms with Crippen molar-refractivity contribution in [2.45, 2.75) is 260 Å². The second kappa shape index (κ2) is 26.0. The molecule has 0 aromatic carbocycles. The van der Waals surface area contributed by atoms with Crippen LogP contribution < -0.4 is 0 Å². The molecule has 4 heterocycles. The lowest BCUT2D eigenvalue weighted by Gasteiger charge is -2.71. The average Bonchev–Trinajstić information content (AvgIpc) is 0.672. The average molecular weight is 1300 g/mol. The van der Waals surface area contributed by atoms with Gasteiger partial charge in [0, 0.05) is 0 Å². The zero-order chi connectivity index (χ0) is 66.5. The normalized spacial score (nSPS) is 49.9. The summed E-state index contributed by atoms with van der Waals surface area (Å²) in [4.78, 5) is 53.0. The van der Waals surface area contributed by atoms with Gasteiger partial charge in [-0.1, -0.05) is 46.3 Å². The Hall–Kier alpha value is -3.26. The maximum Gasteiger partial charge on any atom is 0.317 e. The summed E-state index contributed by atoms with van der Waals surface area (Å²) in [6.07, 6.45) is -38.9. The van der Waals surface area contributed by atoms with E-state index in [1.807, 2.05) is 13.8 Å². The van der Waals surface area contributed by atoms with Crippen molar-refractivity contribution >= 4 is 23.9 Å². The molecule has 0 aromatic heterocycles. The molecule has 9 aliphatic rings. The summed E-state index contributed by atoms with van der Waals surface area (Å²) in [6.45, 7) is 9.38. The molecular formula is C60H94O30. The van der Waals surface area contributed by atoms with Crippen molar-refractivity contribution in [1.82, 2.24) is 0 Å². The second-order valence-electron chi connectivity index (χ2n) is 28.9. The minimum absolute atomic E-state index is 0.0452. The molecule has 17 N–H and O–H groups in total. The fourth-order valence-corrected chi connectivity index (χ4v) is 17.3. The van der Waals surface area contributed by atoms with Gasteiger partial charge in [0.25, 0.3) is 0 Å². The highest BCUT2D eigenvalue weighted by Gasteiger charge is 2.73. The molecule has 31 atom stereocenters. The molecule has 0 bridgehead atoms. The van der Waals surface area contributed by atoms with Gasteiger partial charge in [-0.05, 0) is 111 Å². The van der Waals surface area contributed by atoms with E-state index in [1.54, 1.807) is 6.92 Å². The third-order valence-electron chi connectivity index (χ3n) is 22.8. The number of hydrogen-bond acceptors (Lipinski definition) is 28. The van der Waals surface area contributed by atoms with Crippen molar-refractivity contribution in [3.05, 3.63) is 11.6 Å². The number of carboxylic acids is 2. The van der Waals surface area contributed by atoms with Crippen LogP contribution in [0.15, 0.2) is 11.6 Å². The van der Waals surface area contributed by atoms with E-state index in [4.69, 9.17) is 42.6 Å². The van der Waals surface area contributed by atoms with E-state index >= 15 is 4.79 Å². The van der Waals surface area contributed by atoms with E-state index < -0.39 is 242 Å². The molecule has 4 saturated carbocycles. The summed E-state index contributed by atoms with van der Waals surface area (Å²) in [7, 11) is 0. The molecular weight excluding hydrogens is 1200 g/mol. The van der Waals surface area contributed by atoms with Gasteiger partial charge in [-0.2, -0.15) is 0 Å². The molecule has 514 valence electrons. The second-order valence-corrected chi connectivity index (χ2v) is 28.9. The topological polar surface area (TPSA) is 495 Å². The van der Waals surface area contributed by atoms with Crippen LogP contribution in [0, 0.1) is 50.2 Å². The van der Waals surface area contributed by atoms with Gasteiger partial charge in [0.2, 0.25) is 6.29 Å². The van der Waals surface area contributed by atoms with Crippen molar-refractivity contribution in [1.29, 1.82) is 0 Å². The molecule has 30 nitrogen and oxygen atoms in total. The molecule has 0 amide bonds. The summed E-state index contributed by atoms with van der Waals surface area (Å²) in [6, 6.07) is 0. The van der Waals surface area contributed by atoms with Crippen LogP contribution in [0.4, 0.5) is 0 Å². The van der Waals surface area contributed by atoms with E-state index in [-0.39, 0.29) is 31.1 Å². The number of carboxylic acid groups (broad SMARTS) is 2. The van der Waals surface area contributed by atoms with Crippen LogP contribution in [0.3, 0.4) is 0 Å². The first-order valence-corrected chi connectivity index (χ1v) is 31.1. The van der Waals surface area contributed by atoms with Gasteiger partial charge < -0.3 is 129 Å². The Labute approximate surface area is 519 Å². The monoisotopic (exact) mass is 1290 g/mol. The first-order valence-electron chi connectivity index (χ1n) is 31.1. The highest BCUT2D eigenvalue weighted by Crippen LogP contribution is 2.76. The number of aliphatic hydroxyl groups is 15. The van der Waals surface area contributed by atoms with E-state index in [1.165, 1.54) is 0 Å². The van der Waals surface area contributed by atoms with Gasteiger partial charge in [-0.15, -0.1) is 0 Å². The van der Waals surface area contributed by atoms with Crippen LogP contribution in [0.25, 0.3) is 0 Å². The fraction of sp³-hybridized carbons (Fsp3) is 0.900. The first-order chi connectivity index (χ1) is 41.9. The van der Waals surface area contributed by atoms with E-state index in [9.17, 15) is 101 Å². The van der Waals surface area contributed by atoms with Crippen molar-refractivity contribution < 1.29 is 149 Å². The predicted molar refractivity (Wildman–Crippen MR) is 298 cm³/mol. The number of hydrogen-bond donors (Lipinski definition) is 17. The third kappa shape index (κ3) is 12.3. The Balaban J connectivity index is 1.03. The van der Waals surface area contributed by atoms with E-state index in [0.29, 0.717) is 38.5 Å². The first kappa shape index (κ1) is 71.0. The van der Waals surface area contributed by atoms with Crippen LogP contribution in [-0.2, 0) is 61.8 Å². The number of esters is 2. The molecule has 2 unspecified atom stereocenters. The van der Waals surface area contributed by atoms with Gasteiger partial charge in [-0.25, -0.2) is 0 Å². The largest absolute Gasteiger partial charge is 0.481 e. The summed E-state index contributed by atoms with van der Waals surface area (Å²) in [5, 5.41) is 187. The molecule has 9 rings (SSSR count). The number of fused-ring (bicyclic) bond motifs is 7. The molecule has 4 aliphatic heterocycles. The number of carbonyl (C=O) groups is 4. The van der Waals surface area contributed by atoms with Crippen LogP contribution in [0.2, 0.25) is 0 Å². The van der Waals surface area contributed by atoms with Crippen molar-refractivity contribution in [2.75, 3.05) is 26.4 Å². The number of carbonyl (C=O) groups excluding carboxylic acids is 2. The zero-order valence-corrected chi connectivity index (χ0v) is 51.5. The fourth-order valence-electron chi connectivity index (χ4n) is 17.3.